The zero-order valence-electron chi connectivity index (χ0n) is 11.2. The largest absolute Gasteiger partial charge is 0.317 e. The molecule has 0 aromatic carbocycles. The minimum atomic E-state index is 0.519. The summed E-state index contributed by atoms with van der Waals surface area (Å²) in [4.78, 5) is 0. The summed E-state index contributed by atoms with van der Waals surface area (Å²) in [5.41, 5.74) is 4.26. The molecule has 3 atom stereocenters. The predicted octanol–water partition coefficient (Wildman–Crippen LogP) is 3.51. The maximum atomic E-state index is 2.57. The van der Waals surface area contributed by atoms with Crippen LogP contribution >= 0.6 is 0 Å². The van der Waals surface area contributed by atoms with E-state index in [-0.39, 0.29) is 0 Å². The fraction of sp³-hybridized carbons (Fsp3) is 0.867. The zero-order chi connectivity index (χ0) is 11.4. The van der Waals surface area contributed by atoms with E-state index in [1.807, 2.05) is 11.1 Å². The summed E-state index contributed by atoms with van der Waals surface area (Å²) in [5, 5.41) is 0. The lowest BCUT2D eigenvalue weighted by Gasteiger charge is -2.48. The van der Waals surface area contributed by atoms with Gasteiger partial charge in [0.05, 0.1) is 20.1 Å². The Morgan fingerprint density at radius 1 is 1.31 bits per heavy atom. The number of likely N-dealkylation sites (N-methyl/N-ethyl adjacent to an activating group) is 1. The van der Waals surface area contributed by atoms with Gasteiger partial charge in [0, 0.05) is 18.8 Å². The highest BCUT2D eigenvalue weighted by molar-refractivity contribution is 5.31. The normalized spacial score (nSPS) is 47.1. The Balaban J connectivity index is 2.02. The van der Waals surface area contributed by atoms with Gasteiger partial charge < -0.3 is 4.48 Å². The first-order chi connectivity index (χ1) is 7.59. The molecule has 90 valence electrons. The molecule has 3 aliphatic rings. The average Bonchev–Trinajstić information content (AvgIpc) is 2.81. The summed E-state index contributed by atoms with van der Waals surface area (Å²) < 4.78 is 1.35. The second kappa shape index (κ2) is 3.35. The second-order valence-corrected chi connectivity index (χ2v) is 6.74. The number of quaternary nitrogens is 1. The lowest BCUT2D eigenvalue weighted by molar-refractivity contribution is -0.941. The molecule has 0 aromatic heterocycles. The Kier molecular flexibility index (Phi) is 2.27. The highest BCUT2D eigenvalue weighted by Gasteiger charge is 2.57. The Morgan fingerprint density at radius 3 is 2.88 bits per heavy atom. The smallest absolute Gasteiger partial charge is 0.118 e. The third-order valence-corrected chi connectivity index (χ3v) is 6.01. The topological polar surface area (TPSA) is 0 Å². The van der Waals surface area contributed by atoms with Crippen LogP contribution in [-0.2, 0) is 0 Å². The highest BCUT2D eigenvalue weighted by Crippen LogP contribution is 2.52. The number of hydrogen-bond donors (Lipinski definition) is 0. The number of hydrogen-bond acceptors (Lipinski definition) is 0. The Bertz CT molecular complexity index is 343. The molecule has 0 amide bonds. The Hall–Kier alpha value is -0.300. The van der Waals surface area contributed by atoms with Crippen LogP contribution in [0.4, 0.5) is 0 Å². The standard InChI is InChI=1S/C15H26N/c1-4-12-10-15(2)14-7-5-6-13(14)8-9-16(15,3)11-12/h12H,4-11H2,1-3H3/q+1/t12-,15-,16+/m1/s1. The monoisotopic (exact) mass is 220 g/mol. The van der Waals surface area contributed by atoms with Crippen LogP contribution in [0, 0.1) is 5.92 Å². The molecule has 0 bridgehead atoms. The minimum absolute atomic E-state index is 0.519. The zero-order valence-corrected chi connectivity index (χ0v) is 11.2. The van der Waals surface area contributed by atoms with Crippen LogP contribution in [0.1, 0.15) is 52.4 Å². The van der Waals surface area contributed by atoms with Gasteiger partial charge in [-0.15, -0.1) is 0 Å². The van der Waals surface area contributed by atoms with Gasteiger partial charge in [-0.1, -0.05) is 12.5 Å². The van der Waals surface area contributed by atoms with E-state index in [1.54, 1.807) is 0 Å². The third kappa shape index (κ3) is 1.21. The van der Waals surface area contributed by atoms with Gasteiger partial charge in [-0.25, -0.2) is 0 Å². The van der Waals surface area contributed by atoms with Gasteiger partial charge in [0.15, 0.2) is 0 Å². The number of nitrogens with zero attached hydrogens (tertiary/aromatic N) is 1. The van der Waals surface area contributed by atoms with E-state index >= 15 is 0 Å². The minimum Gasteiger partial charge on any atom is -0.317 e. The van der Waals surface area contributed by atoms with Crippen LogP contribution < -0.4 is 0 Å². The van der Waals surface area contributed by atoms with Crippen molar-refractivity contribution in [2.24, 2.45) is 5.92 Å². The van der Waals surface area contributed by atoms with Crippen LogP contribution in [0.3, 0.4) is 0 Å². The van der Waals surface area contributed by atoms with Crippen LogP contribution in [0.5, 0.6) is 0 Å². The molecule has 1 heteroatoms. The molecule has 0 aromatic rings. The molecule has 2 aliphatic heterocycles. The Morgan fingerprint density at radius 2 is 2.12 bits per heavy atom. The molecule has 1 saturated heterocycles. The first-order valence-corrected chi connectivity index (χ1v) is 7.15. The van der Waals surface area contributed by atoms with Crippen LogP contribution in [0.15, 0.2) is 11.1 Å². The molecular formula is C15H26N+. The molecule has 3 rings (SSSR count). The number of fused-ring (bicyclic) bond motifs is 2. The molecule has 2 heterocycles. The quantitative estimate of drug-likeness (QED) is 0.468. The predicted molar refractivity (Wildman–Crippen MR) is 68.2 cm³/mol. The molecular weight excluding hydrogens is 194 g/mol. The summed E-state index contributed by atoms with van der Waals surface area (Å²) in [6.45, 7) is 7.79. The summed E-state index contributed by atoms with van der Waals surface area (Å²) in [6.07, 6.45) is 8.51. The maximum Gasteiger partial charge on any atom is 0.118 e. The molecule has 1 fully saturated rings. The fourth-order valence-electron chi connectivity index (χ4n) is 4.79. The van der Waals surface area contributed by atoms with Crippen molar-refractivity contribution in [2.75, 3.05) is 20.1 Å². The fourth-order valence-corrected chi connectivity index (χ4v) is 4.79. The first-order valence-electron chi connectivity index (χ1n) is 7.15. The Labute approximate surface area is 100 Å². The van der Waals surface area contributed by atoms with E-state index in [0.717, 1.165) is 5.92 Å². The van der Waals surface area contributed by atoms with E-state index in [4.69, 9.17) is 0 Å². The second-order valence-electron chi connectivity index (χ2n) is 6.74. The lowest BCUT2D eigenvalue weighted by Crippen LogP contribution is -2.59. The van der Waals surface area contributed by atoms with Crippen molar-refractivity contribution in [3.63, 3.8) is 0 Å². The van der Waals surface area contributed by atoms with Gasteiger partial charge >= 0.3 is 0 Å². The summed E-state index contributed by atoms with van der Waals surface area (Å²) in [6, 6.07) is 0. The van der Waals surface area contributed by atoms with Crippen LogP contribution in [0.25, 0.3) is 0 Å². The highest BCUT2D eigenvalue weighted by atomic mass is 15.4. The van der Waals surface area contributed by atoms with Crippen molar-refractivity contribution in [3.8, 4) is 0 Å². The first kappa shape index (κ1) is 10.8. The lowest BCUT2D eigenvalue weighted by atomic mass is 9.79. The molecule has 0 N–H and O–H groups in total. The van der Waals surface area contributed by atoms with Crippen molar-refractivity contribution < 1.29 is 4.48 Å². The SMILES string of the molecule is CC[C@@H]1C[C@]2(C)C3=C(CCC3)CC[N@@+]2(C)C1. The summed E-state index contributed by atoms with van der Waals surface area (Å²) in [7, 11) is 2.53. The molecule has 0 saturated carbocycles. The van der Waals surface area contributed by atoms with Gasteiger partial charge in [0.25, 0.3) is 0 Å². The van der Waals surface area contributed by atoms with Crippen molar-refractivity contribution in [3.05, 3.63) is 11.1 Å². The molecule has 1 aliphatic carbocycles. The van der Waals surface area contributed by atoms with Crippen molar-refractivity contribution >= 4 is 0 Å². The van der Waals surface area contributed by atoms with E-state index < -0.39 is 0 Å². The van der Waals surface area contributed by atoms with E-state index in [2.05, 4.69) is 20.9 Å². The van der Waals surface area contributed by atoms with E-state index in [9.17, 15) is 0 Å². The van der Waals surface area contributed by atoms with Gasteiger partial charge in [0.2, 0.25) is 0 Å². The van der Waals surface area contributed by atoms with Gasteiger partial charge in [-0.2, -0.15) is 0 Å². The summed E-state index contributed by atoms with van der Waals surface area (Å²) >= 11 is 0. The molecule has 16 heavy (non-hydrogen) atoms. The van der Waals surface area contributed by atoms with Crippen LogP contribution in [-0.4, -0.2) is 30.2 Å². The summed E-state index contributed by atoms with van der Waals surface area (Å²) in [5.74, 6) is 0.974. The van der Waals surface area contributed by atoms with Crippen molar-refractivity contribution in [2.45, 2.75) is 57.9 Å². The molecule has 0 radical (unpaired) electrons. The van der Waals surface area contributed by atoms with Crippen LogP contribution in [0.2, 0.25) is 0 Å². The number of rotatable bonds is 1. The molecule has 1 nitrogen and oxygen atoms in total. The van der Waals surface area contributed by atoms with Gasteiger partial charge in [-0.05, 0) is 38.2 Å². The maximum absolute atomic E-state index is 2.57. The van der Waals surface area contributed by atoms with Gasteiger partial charge in [0.1, 0.15) is 5.54 Å². The molecule has 0 spiro atoms. The molecule has 0 unspecified atom stereocenters. The van der Waals surface area contributed by atoms with Crippen molar-refractivity contribution in [1.82, 2.24) is 0 Å². The van der Waals surface area contributed by atoms with Crippen molar-refractivity contribution in [1.29, 1.82) is 0 Å². The van der Waals surface area contributed by atoms with E-state index in [0.29, 0.717) is 5.54 Å². The van der Waals surface area contributed by atoms with Gasteiger partial charge in [-0.3, -0.25) is 0 Å². The third-order valence-electron chi connectivity index (χ3n) is 6.01. The average molecular weight is 220 g/mol. The van der Waals surface area contributed by atoms with E-state index in [1.165, 1.54) is 56.1 Å².